The van der Waals surface area contributed by atoms with Gasteiger partial charge in [-0.05, 0) is 13.0 Å². The van der Waals surface area contributed by atoms with Crippen LogP contribution >= 0.6 is 11.8 Å². The number of aromatic nitrogens is 2. The summed E-state index contributed by atoms with van der Waals surface area (Å²) in [7, 11) is 1.35. The van der Waals surface area contributed by atoms with Gasteiger partial charge in [-0.15, -0.1) is 0 Å². The molecule has 0 radical (unpaired) electrons. The lowest BCUT2D eigenvalue weighted by molar-refractivity contribution is -0.384. The minimum absolute atomic E-state index is 0.140. The van der Waals surface area contributed by atoms with Crippen molar-refractivity contribution in [1.82, 2.24) is 9.97 Å². The number of hydrogen-bond donors (Lipinski definition) is 2. The Morgan fingerprint density at radius 1 is 1.46 bits per heavy atom. The predicted octanol–water partition coefficient (Wildman–Crippen LogP) is 1.81. The zero-order valence-electron chi connectivity index (χ0n) is 12.8. The number of hydrogen-bond acceptors (Lipinski definition) is 7. The molecule has 24 heavy (non-hydrogen) atoms. The first-order chi connectivity index (χ1) is 11.4. The Bertz CT molecular complexity index is 823. The van der Waals surface area contributed by atoms with Gasteiger partial charge in [0, 0.05) is 18.3 Å². The van der Waals surface area contributed by atoms with Gasteiger partial charge in [-0.2, -0.15) is 0 Å². The highest BCUT2D eigenvalue weighted by Crippen LogP contribution is 2.30. The number of nitro benzene ring substituents is 1. The van der Waals surface area contributed by atoms with Gasteiger partial charge in [0.15, 0.2) is 5.16 Å². The van der Waals surface area contributed by atoms with E-state index in [-0.39, 0.29) is 22.9 Å². The third-order valence-corrected chi connectivity index (χ3v) is 3.96. The van der Waals surface area contributed by atoms with Crippen molar-refractivity contribution in [2.24, 2.45) is 0 Å². The first-order valence-electron chi connectivity index (χ1n) is 6.76. The number of nitrogens with one attached hydrogen (secondary N) is 2. The highest BCUT2D eigenvalue weighted by molar-refractivity contribution is 8.00. The van der Waals surface area contributed by atoms with Crippen LogP contribution in [0.5, 0.6) is 5.75 Å². The van der Waals surface area contributed by atoms with Crippen LogP contribution in [0.3, 0.4) is 0 Å². The van der Waals surface area contributed by atoms with Gasteiger partial charge in [0.1, 0.15) is 5.75 Å². The highest BCUT2D eigenvalue weighted by atomic mass is 32.2. The molecule has 1 aromatic carbocycles. The van der Waals surface area contributed by atoms with Crippen LogP contribution in [-0.2, 0) is 4.79 Å². The molecule has 2 N–H and O–H groups in total. The molecule has 9 nitrogen and oxygen atoms in total. The monoisotopic (exact) mass is 350 g/mol. The maximum absolute atomic E-state index is 12.2. The summed E-state index contributed by atoms with van der Waals surface area (Å²) in [5.74, 6) is -0.181. The van der Waals surface area contributed by atoms with E-state index in [0.29, 0.717) is 10.8 Å². The van der Waals surface area contributed by atoms with Gasteiger partial charge >= 0.3 is 0 Å². The number of H-pyrrole nitrogens is 1. The van der Waals surface area contributed by atoms with Gasteiger partial charge in [0.05, 0.1) is 29.0 Å². The Morgan fingerprint density at radius 2 is 2.21 bits per heavy atom. The third kappa shape index (κ3) is 4.32. The van der Waals surface area contributed by atoms with Gasteiger partial charge in [-0.25, -0.2) is 4.98 Å². The van der Waals surface area contributed by atoms with Crippen LogP contribution < -0.4 is 15.6 Å². The molecule has 2 aromatic rings. The lowest BCUT2D eigenvalue weighted by Gasteiger charge is -2.13. The van der Waals surface area contributed by atoms with Crippen molar-refractivity contribution in [3.8, 4) is 5.75 Å². The molecule has 0 spiro atoms. The van der Waals surface area contributed by atoms with Crippen LogP contribution in [0.4, 0.5) is 11.4 Å². The largest absolute Gasteiger partial charge is 0.494 e. The minimum Gasteiger partial charge on any atom is -0.494 e. The van der Waals surface area contributed by atoms with E-state index in [4.69, 9.17) is 4.74 Å². The number of benzene rings is 1. The maximum atomic E-state index is 12.2. The number of carbonyl (C=O) groups excluding carboxylic acids is 1. The molecule has 126 valence electrons. The number of nitrogens with zero attached hydrogens (tertiary/aromatic N) is 2. The molecule has 1 heterocycles. The second-order valence-corrected chi connectivity index (χ2v) is 5.96. The van der Waals surface area contributed by atoms with Crippen molar-refractivity contribution in [1.29, 1.82) is 0 Å². The van der Waals surface area contributed by atoms with Crippen molar-refractivity contribution in [3.63, 3.8) is 0 Å². The molecule has 2 rings (SSSR count). The van der Waals surface area contributed by atoms with Crippen molar-refractivity contribution >= 4 is 29.0 Å². The van der Waals surface area contributed by atoms with E-state index in [0.717, 1.165) is 11.8 Å². The van der Waals surface area contributed by atoms with Gasteiger partial charge in [-0.1, -0.05) is 11.8 Å². The number of methoxy groups -OCH3 is 1. The molecule has 1 aromatic heterocycles. The quantitative estimate of drug-likeness (QED) is 0.352. The summed E-state index contributed by atoms with van der Waals surface area (Å²) in [5, 5.41) is 13.2. The molecule has 1 atom stereocenters. The van der Waals surface area contributed by atoms with Gasteiger partial charge in [0.25, 0.3) is 11.2 Å². The fraction of sp³-hybridized carbons (Fsp3) is 0.214. The standard InChI is InChI=1S/C14H14N4O5S/c1-8(24-14-15-6-5-12(19)17-14)13(20)16-10-4-3-9(18(21)22)7-11(10)23-2/h3-8H,1-2H3,(H,16,20)(H,15,17,19)/t8-/m1/s1. The van der Waals surface area contributed by atoms with Crippen molar-refractivity contribution in [3.05, 3.63) is 50.9 Å². The van der Waals surface area contributed by atoms with Gasteiger partial charge < -0.3 is 15.0 Å². The first kappa shape index (κ1) is 17.5. The molecule has 0 bridgehead atoms. The Kier molecular flexibility index (Phi) is 5.53. The van der Waals surface area contributed by atoms with Gasteiger partial charge in [-0.3, -0.25) is 19.7 Å². The fourth-order valence-corrected chi connectivity index (χ4v) is 2.55. The van der Waals surface area contributed by atoms with E-state index >= 15 is 0 Å². The summed E-state index contributed by atoms with van der Waals surface area (Å²) in [6.45, 7) is 1.64. The number of non-ortho nitro benzene ring substituents is 1. The van der Waals surface area contributed by atoms with E-state index in [1.54, 1.807) is 6.92 Å². The lowest BCUT2D eigenvalue weighted by Crippen LogP contribution is -2.23. The Hall–Kier alpha value is -2.88. The summed E-state index contributed by atoms with van der Waals surface area (Å²) in [6.07, 6.45) is 1.35. The number of aromatic amines is 1. The minimum atomic E-state index is -0.560. The summed E-state index contributed by atoms with van der Waals surface area (Å²) in [5.41, 5.74) is -0.134. The molecule has 1 amide bonds. The summed E-state index contributed by atoms with van der Waals surface area (Å²) < 4.78 is 5.06. The molecule has 0 saturated heterocycles. The van der Waals surface area contributed by atoms with Gasteiger partial charge in [0.2, 0.25) is 5.91 Å². The van der Waals surface area contributed by atoms with Crippen molar-refractivity contribution in [2.45, 2.75) is 17.3 Å². The molecule has 0 aliphatic carbocycles. The summed E-state index contributed by atoms with van der Waals surface area (Å²) >= 11 is 1.08. The Labute approximate surface area is 140 Å². The van der Waals surface area contributed by atoms with E-state index in [1.807, 2.05) is 0 Å². The second kappa shape index (κ2) is 7.59. The smallest absolute Gasteiger partial charge is 0.273 e. The Morgan fingerprint density at radius 3 is 2.83 bits per heavy atom. The van der Waals surface area contributed by atoms with Crippen LogP contribution in [0.15, 0.2) is 40.4 Å². The number of amides is 1. The van der Waals surface area contributed by atoms with Crippen molar-refractivity contribution < 1.29 is 14.5 Å². The lowest BCUT2D eigenvalue weighted by atomic mass is 10.2. The zero-order chi connectivity index (χ0) is 17.7. The van der Waals surface area contributed by atoms with E-state index in [1.165, 1.54) is 37.6 Å². The normalized spacial score (nSPS) is 11.6. The van der Waals surface area contributed by atoms with E-state index in [2.05, 4.69) is 15.3 Å². The molecule has 10 heteroatoms. The molecule has 0 aliphatic rings. The number of carbonyl (C=O) groups is 1. The molecule has 0 fully saturated rings. The summed E-state index contributed by atoms with van der Waals surface area (Å²) in [6, 6.07) is 5.17. The van der Waals surface area contributed by atoms with Crippen LogP contribution in [0.2, 0.25) is 0 Å². The highest BCUT2D eigenvalue weighted by Gasteiger charge is 2.19. The first-order valence-corrected chi connectivity index (χ1v) is 7.64. The average molecular weight is 350 g/mol. The van der Waals surface area contributed by atoms with E-state index in [9.17, 15) is 19.7 Å². The summed E-state index contributed by atoms with van der Waals surface area (Å²) in [4.78, 5) is 40.2. The number of nitro groups is 1. The molecule has 0 aliphatic heterocycles. The molecule has 0 saturated carbocycles. The number of ether oxygens (including phenoxy) is 1. The van der Waals surface area contributed by atoms with Crippen LogP contribution in [0.1, 0.15) is 6.92 Å². The Balaban J connectivity index is 2.11. The van der Waals surface area contributed by atoms with Crippen LogP contribution in [-0.4, -0.2) is 33.2 Å². The van der Waals surface area contributed by atoms with E-state index < -0.39 is 10.2 Å². The number of anilines is 1. The maximum Gasteiger partial charge on any atom is 0.273 e. The molecular weight excluding hydrogens is 336 g/mol. The SMILES string of the molecule is COc1cc([N+](=O)[O-])ccc1NC(=O)[C@@H](C)Sc1nccc(=O)[nH]1. The number of thioether (sulfide) groups is 1. The third-order valence-electron chi connectivity index (χ3n) is 2.96. The average Bonchev–Trinajstić information content (AvgIpc) is 2.54. The van der Waals surface area contributed by atoms with Crippen LogP contribution in [0, 0.1) is 10.1 Å². The predicted molar refractivity (Wildman–Crippen MR) is 88.5 cm³/mol. The molecule has 0 unspecified atom stereocenters. The fourth-order valence-electron chi connectivity index (χ4n) is 1.76. The second-order valence-electron chi connectivity index (χ2n) is 4.63. The topological polar surface area (TPSA) is 127 Å². The van der Waals surface area contributed by atoms with Crippen LogP contribution in [0.25, 0.3) is 0 Å². The number of rotatable bonds is 6. The zero-order valence-corrected chi connectivity index (χ0v) is 13.6. The molecular formula is C14H14N4O5S. The van der Waals surface area contributed by atoms with Crippen molar-refractivity contribution in [2.75, 3.05) is 12.4 Å².